The monoisotopic (exact) mass is 295 g/mol. The summed E-state index contributed by atoms with van der Waals surface area (Å²) in [5.74, 6) is 1.71. The Bertz CT molecular complexity index is 631. The number of anilines is 1. The van der Waals surface area contributed by atoms with E-state index in [1.165, 1.54) is 19.3 Å². The van der Waals surface area contributed by atoms with Crippen molar-refractivity contribution in [3.63, 3.8) is 0 Å². The molecule has 2 heterocycles. The maximum Gasteiger partial charge on any atom is 0.225 e. The van der Waals surface area contributed by atoms with E-state index in [-0.39, 0.29) is 0 Å². The summed E-state index contributed by atoms with van der Waals surface area (Å²) in [5.41, 5.74) is 2.06. The van der Waals surface area contributed by atoms with E-state index in [9.17, 15) is 0 Å². The lowest BCUT2D eigenvalue weighted by molar-refractivity contribution is 0.415. The molecule has 0 atom stereocenters. The van der Waals surface area contributed by atoms with Crippen molar-refractivity contribution in [1.82, 2.24) is 9.97 Å². The van der Waals surface area contributed by atoms with Gasteiger partial charge in [0.25, 0.3) is 0 Å². The highest BCUT2D eigenvalue weighted by atomic mass is 16.5. The van der Waals surface area contributed by atoms with Gasteiger partial charge in [-0.25, -0.2) is 9.97 Å². The molecule has 114 valence electrons. The number of rotatable bonds is 4. The fourth-order valence-electron chi connectivity index (χ4n) is 2.60. The maximum absolute atomic E-state index is 5.16. The van der Waals surface area contributed by atoms with Crippen molar-refractivity contribution < 1.29 is 4.74 Å². The van der Waals surface area contributed by atoms with Gasteiger partial charge in [-0.1, -0.05) is 18.2 Å². The standard InChI is InChI=1S/C18H21N3O/c1-22-17-9-6-15(7-10-17)5-8-16-11-12-19-18(20-16)21-13-3-2-4-14-21/h5-12H,2-4,13-14H2,1H3/b8-5+. The summed E-state index contributed by atoms with van der Waals surface area (Å²) in [5, 5.41) is 0. The van der Waals surface area contributed by atoms with E-state index in [2.05, 4.69) is 20.9 Å². The minimum absolute atomic E-state index is 0.844. The molecule has 0 spiro atoms. The van der Waals surface area contributed by atoms with Gasteiger partial charge in [-0.2, -0.15) is 0 Å². The van der Waals surface area contributed by atoms with E-state index in [4.69, 9.17) is 4.74 Å². The molecule has 1 aliphatic heterocycles. The molecular formula is C18H21N3O. The Balaban J connectivity index is 1.72. The summed E-state index contributed by atoms with van der Waals surface area (Å²) in [6, 6.07) is 9.91. The minimum atomic E-state index is 0.844. The van der Waals surface area contributed by atoms with Crippen LogP contribution in [0.4, 0.5) is 5.95 Å². The molecule has 1 saturated heterocycles. The van der Waals surface area contributed by atoms with Gasteiger partial charge in [0.2, 0.25) is 5.95 Å². The molecule has 2 aromatic rings. The van der Waals surface area contributed by atoms with Gasteiger partial charge in [0.05, 0.1) is 12.8 Å². The van der Waals surface area contributed by atoms with Crippen LogP contribution in [-0.2, 0) is 0 Å². The molecule has 0 bridgehead atoms. The number of hydrogen-bond donors (Lipinski definition) is 0. The molecular weight excluding hydrogens is 274 g/mol. The Morgan fingerprint density at radius 1 is 1.00 bits per heavy atom. The van der Waals surface area contributed by atoms with Crippen LogP contribution in [0.15, 0.2) is 36.5 Å². The molecule has 1 aromatic carbocycles. The zero-order chi connectivity index (χ0) is 15.2. The quantitative estimate of drug-likeness (QED) is 0.863. The van der Waals surface area contributed by atoms with Crippen molar-refractivity contribution in [2.75, 3.05) is 25.1 Å². The minimum Gasteiger partial charge on any atom is -0.497 e. The van der Waals surface area contributed by atoms with Gasteiger partial charge in [-0.15, -0.1) is 0 Å². The molecule has 0 radical (unpaired) electrons. The zero-order valence-electron chi connectivity index (χ0n) is 12.9. The molecule has 1 aliphatic rings. The third kappa shape index (κ3) is 3.64. The summed E-state index contributed by atoms with van der Waals surface area (Å²) in [6.07, 6.45) is 9.70. The van der Waals surface area contributed by atoms with Crippen LogP contribution in [-0.4, -0.2) is 30.2 Å². The second-order valence-corrected chi connectivity index (χ2v) is 5.44. The van der Waals surface area contributed by atoms with Crippen LogP contribution >= 0.6 is 0 Å². The van der Waals surface area contributed by atoms with E-state index in [1.807, 2.05) is 42.6 Å². The summed E-state index contributed by atoms with van der Waals surface area (Å²) in [6.45, 7) is 2.12. The van der Waals surface area contributed by atoms with Gasteiger partial charge in [-0.05, 0) is 49.1 Å². The van der Waals surface area contributed by atoms with Crippen molar-refractivity contribution in [1.29, 1.82) is 0 Å². The highest BCUT2D eigenvalue weighted by Gasteiger charge is 2.12. The van der Waals surface area contributed by atoms with Crippen molar-refractivity contribution in [3.8, 4) is 5.75 Å². The number of ether oxygens (including phenoxy) is 1. The van der Waals surface area contributed by atoms with Crippen molar-refractivity contribution >= 4 is 18.1 Å². The Hall–Kier alpha value is -2.36. The van der Waals surface area contributed by atoms with Crippen LogP contribution in [0.5, 0.6) is 5.75 Å². The molecule has 4 heteroatoms. The van der Waals surface area contributed by atoms with Crippen molar-refractivity contribution in [3.05, 3.63) is 47.8 Å². The summed E-state index contributed by atoms with van der Waals surface area (Å²) >= 11 is 0. The molecule has 0 aliphatic carbocycles. The third-order valence-corrected chi connectivity index (χ3v) is 3.87. The Labute approximate surface area is 131 Å². The van der Waals surface area contributed by atoms with E-state index >= 15 is 0 Å². The fraction of sp³-hybridized carbons (Fsp3) is 0.333. The molecule has 0 amide bonds. The molecule has 1 fully saturated rings. The number of aromatic nitrogens is 2. The lowest BCUT2D eigenvalue weighted by Crippen LogP contribution is -2.31. The van der Waals surface area contributed by atoms with E-state index < -0.39 is 0 Å². The van der Waals surface area contributed by atoms with Crippen LogP contribution in [0.25, 0.3) is 12.2 Å². The maximum atomic E-state index is 5.16. The molecule has 3 rings (SSSR count). The second kappa shape index (κ2) is 7.07. The normalized spacial score (nSPS) is 15.2. The summed E-state index contributed by atoms with van der Waals surface area (Å²) in [4.78, 5) is 11.3. The van der Waals surface area contributed by atoms with Crippen LogP contribution in [0.3, 0.4) is 0 Å². The van der Waals surface area contributed by atoms with E-state index in [0.29, 0.717) is 0 Å². The zero-order valence-corrected chi connectivity index (χ0v) is 12.9. The Kier molecular flexibility index (Phi) is 4.68. The number of nitrogens with zero attached hydrogens (tertiary/aromatic N) is 3. The van der Waals surface area contributed by atoms with Crippen LogP contribution in [0, 0.1) is 0 Å². The van der Waals surface area contributed by atoms with Gasteiger partial charge >= 0.3 is 0 Å². The first-order valence-corrected chi connectivity index (χ1v) is 7.75. The number of benzene rings is 1. The fourth-order valence-corrected chi connectivity index (χ4v) is 2.60. The third-order valence-electron chi connectivity index (χ3n) is 3.87. The highest BCUT2D eigenvalue weighted by molar-refractivity contribution is 5.68. The van der Waals surface area contributed by atoms with Gasteiger partial charge in [0.1, 0.15) is 5.75 Å². The van der Waals surface area contributed by atoms with Crippen molar-refractivity contribution in [2.24, 2.45) is 0 Å². The molecule has 0 N–H and O–H groups in total. The summed E-state index contributed by atoms with van der Waals surface area (Å²) < 4.78 is 5.16. The molecule has 0 saturated carbocycles. The first-order chi connectivity index (χ1) is 10.8. The van der Waals surface area contributed by atoms with E-state index in [0.717, 1.165) is 36.0 Å². The van der Waals surface area contributed by atoms with Crippen LogP contribution < -0.4 is 9.64 Å². The van der Waals surface area contributed by atoms with Gasteiger partial charge in [-0.3, -0.25) is 0 Å². The van der Waals surface area contributed by atoms with Crippen LogP contribution in [0.1, 0.15) is 30.5 Å². The largest absolute Gasteiger partial charge is 0.497 e. The van der Waals surface area contributed by atoms with Crippen molar-refractivity contribution in [2.45, 2.75) is 19.3 Å². The summed E-state index contributed by atoms with van der Waals surface area (Å²) in [7, 11) is 1.67. The highest BCUT2D eigenvalue weighted by Crippen LogP contribution is 2.17. The lowest BCUT2D eigenvalue weighted by Gasteiger charge is -2.26. The predicted molar refractivity (Wildman–Crippen MR) is 90.0 cm³/mol. The first-order valence-electron chi connectivity index (χ1n) is 7.75. The first kappa shape index (κ1) is 14.6. The Morgan fingerprint density at radius 3 is 2.50 bits per heavy atom. The SMILES string of the molecule is COc1ccc(/C=C/c2ccnc(N3CCCCC3)n2)cc1. The Morgan fingerprint density at radius 2 is 1.77 bits per heavy atom. The van der Waals surface area contributed by atoms with Crippen LogP contribution in [0.2, 0.25) is 0 Å². The predicted octanol–water partition coefficient (Wildman–Crippen LogP) is 3.65. The molecule has 4 nitrogen and oxygen atoms in total. The van der Waals surface area contributed by atoms with Gasteiger partial charge in [0.15, 0.2) is 0 Å². The average molecular weight is 295 g/mol. The molecule has 0 unspecified atom stereocenters. The lowest BCUT2D eigenvalue weighted by atomic mass is 10.1. The smallest absolute Gasteiger partial charge is 0.225 e. The topological polar surface area (TPSA) is 38.2 Å². The number of piperidine rings is 1. The van der Waals surface area contributed by atoms with Gasteiger partial charge < -0.3 is 9.64 Å². The number of methoxy groups -OCH3 is 1. The van der Waals surface area contributed by atoms with E-state index in [1.54, 1.807) is 7.11 Å². The number of hydrogen-bond acceptors (Lipinski definition) is 4. The molecule has 1 aromatic heterocycles. The average Bonchev–Trinajstić information content (AvgIpc) is 2.61. The van der Waals surface area contributed by atoms with Gasteiger partial charge in [0, 0.05) is 19.3 Å². The molecule has 22 heavy (non-hydrogen) atoms. The second-order valence-electron chi connectivity index (χ2n) is 5.44.